The lowest BCUT2D eigenvalue weighted by Gasteiger charge is -2.20. The first-order chi connectivity index (χ1) is 10.6. The number of hydrogen-bond donors (Lipinski definition) is 1. The van der Waals surface area contributed by atoms with Crippen LogP contribution < -0.4 is 10.1 Å². The van der Waals surface area contributed by atoms with Gasteiger partial charge in [-0.1, -0.05) is 37.2 Å². The molecule has 0 aliphatic carbocycles. The van der Waals surface area contributed by atoms with Gasteiger partial charge in [-0.15, -0.1) is 0 Å². The predicted molar refractivity (Wildman–Crippen MR) is 81.5 cm³/mol. The fourth-order valence-corrected chi connectivity index (χ4v) is 2.09. The summed E-state index contributed by atoms with van der Waals surface area (Å²) in [5.41, 5.74) is 0.794. The van der Waals surface area contributed by atoms with Gasteiger partial charge in [0, 0.05) is 18.4 Å². The van der Waals surface area contributed by atoms with E-state index in [1.54, 1.807) is 14.0 Å². The van der Waals surface area contributed by atoms with Crippen LogP contribution in [-0.2, 0) is 4.79 Å². The first kappa shape index (κ1) is 16.0. The van der Waals surface area contributed by atoms with E-state index >= 15 is 0 Å². The van der Waals surface area contributed by atoms with E-state index < -0.39 is 6.04 Å². The quantitative estimate of drug-likeness (QED) is 0.887. The molecule has 6 heteroatoms. The molecule has 2 unspecified atom stereocenters. The van der Waals surface area contributed by atoms with Crippen molar-refractivity contribution >= 4 is 5.91 Å². The van der Waals surface area contributed by atoms with Crippen LogP contribution in [0.5, 0.6) is 5.75 Å². The number of nitrogens with zero attached hydrogens (tertiary/aromatic N) is 2. The van der Waals surface area contributed by atoms with E-state index in [0.717, 1.165) is 12.0 Å². The van der Waals surface area contributed by atoms with Gasteiger partial charge in [-0.2, -0.15) is 4.98 Å². The molecular formula is C16H21N3O3. The van der Waals surface area contributed by atoms with Gasteiger partial charge in [-0.3, -0.25) is 4.79 Å². The van der Waals surface area contributed by atoms with Gasteiger partial charge >= 0.3 is 0 Å². The number of carbonyl (C=O) groups excluding carboxylic acids is 1. The third-order valence-electron chi connectivity index (χ3n) is 3.60. The summed E-state index contributed by atoms with van der Waals surface area (Å²) in [5, 5.41) is 6.93. The van der Waals surface area contributed by atoms with Crippen LogP contribution in [0.3, 0.4) is 0 Å². The largest absolute Gasteiger partial charge is 0.496 e. The Hall–Kier alpha value is -2.37. The summed E-state index contributed by atoms with van der Waals surface area (Å²) in [7, 11) is 1.59. The Labute approximate surface area is 129 Å². The smallest absolute Gasteiger partial charge is 0.223 e. The molecule has 118 valence electrons. The molecule has 2 aromatic rings. The van der Waals surface area contributed by atoms with Crippen LogP contribution in [0.25, 0.3) is 0 Å². The van der Waals surface area contributed by atoms with Gasteiger partial charge in [-0.05, 0) is 12.5 Å². The van der Waals surface area contributed by atoms with Crippen molar-refractivity contribution in [3.63, 3.8) is 0 Å². The van der Waals surface area contributed by atoms with Crippen LogP contribution in [0.15, 0.2) is 28.8 Å². The zero-order chi connectivity index (χ0) is 16.1. The number of aromatic nitrogens is 2. The van der Waals surface area contributed by atoms with Crippen LogP contribution in [0.2, 0.25) is 0 Å². The Morgan fingerprint density at radius 3 is 2.73 bits per heavy atom. The van der Waals surface area contributed by atoms with Gasteiger partial charge in [-0.25, -0.2) is 0 Å². The molecule has 0 spiro atoms. The summed E-state index contributed by atoms with van der Waals surface area (Å²) in [6.07, 6.45) is 0.760. The molecule has 0 fully saturated rings. The maximum atomic E-state index is 12.3. The second-order valence-electron chi connectivity index (χ2n) is 5.16. The fourth-order valence-electron chi connectivity index (χ4n) is 2.09. The molecule has 1 aromatic heterocycles. The highest BCUT2D eigenvalue weighted by atomic mass is 16.5. The lowest BCUT2D eigenvalue weighted by molar-refractivity contribution is -0.125. The van der Waals surface area contributed by atoms with Crippen molar-refractivity contribution < 1.29 is 14.1 Å². The number of methoxy groups -OCH3 is 1. The van der Waals surface area contributed by atoms with Crippen molar-refractivity contribution in [2.24, 2.45) is 5.92 Å². The molecule has 0 aliphatic rings. The van der Waals surface area contributed by atoms with Crippen molar-refractivity contribution in [2.75, 3.05) is 7.11 Å². The second kappa shape index (κ2) is 7.06. The summed E-state index contributed by atoms with van der Waals surface area (Å²) in [6.45, 7) is 5.57. The first-order valence-electron chi connectivity index (χ1n) is 7.30. The molecule has 0 saturated heterocycles. The Morgan fingerprint density at radius 2 is 2.14 bits per heavy atom. The number of aryl methyl sites for hydroxylation is 1. The van der Waals surface area contributed by atoms with E-state index in [4.69, 9.17) is 9.26 Å². The molecule has 0 aliphatic heterocycles. The Kier molecular flexibility index (Phi) is 5.14. The molecule has 2 atom stereocenters. The van der Waals surface area contributed by atoms with Crippen LogP contribution in [0.1, 0.15) is 43.6 Å². The SMILES string of the molecule is CCC(C)C(=O)NC(c1noc(C)n1)c1ccccc1OC. The first-order valence-corrected chi connectivity index (χ1v) is 7.30. The van der Waals surface area contributed by atoms with Gasteiger partial charge in [0.25, 0.3) is 0 Å². The Bertz CT molecular complexity index is 639. The van der Waals surface area contributed by atoms with E-state index in [0.29, 0.717) is 17.5 Å². The maximum Gasteiger partial charge on any atom is 0.223 e. The monoisotopic (exact) mass is 303 g/mol. The van der Waals surface area contributed by atoms with Crippen LogP contribution in [-0.4, -0.2) is 23.2 Å². The molecule has 0 bridgehead atoms. The minimum atomic E-state index is -0.505. The third kappa shape index (κ3) is 3.44. The van der Waals surface area contributed by atoms with E-state index in [1.165, 1.54) is 0 Å². The van der Waals surface area contributed by atoms with Gasteiger partial charge in [0.1, 0.15) is 11.8 Å². The number of hydrogen-bond acceptors (Lipinski definition) is 5. The number of nitrogens with one attached hydrogen (secondary N) is 1. The molecule has 1 heterocycles. The predicted octanol–water partition coefficient (Wildman–Crippen LogP) is 2.64. The van der Waals surface area contributed by atoms with Gasteiger partial charge in [0.05, 0.1) is 7.11 Å². The minimum Gasteiger partial charge on any atom is -0.496 e. The molecule has 1 N–H and O–H groups in total. The fraction of sp³-hybridized carbons (Fsp3) is 0.438. The van der Waals surface area contributed by atoms with Crippen LogP contribution in [0, 0.1) is 12.8 Å². The molecule has 0 radical (unpaired) electrons. The second-order valence-corrected chi connectivity index (χ2v) is 5.16. The van der Waals surface area contributed by atoms with Crippen molar-refractivity contribution in [3.05, 3.63) is 41.5 Å². The van der Waals surface area contributed by atoms with Crippen molar-refractivity contribution in [1.82, 2.24) is 15.5 Å². The van der Waals surface area contributed by atoms with Gasteiger partial charge in [0.2, 0.25) is 11.8 Å². The normalized spacial score (nSPS) is 13.5. The number of para-hydroxylation sites is 1. The standard InChI is InChI=1S/C16H21N3O3/c1-5-10(2)16(20)18-14(15-17-11(3)22-19-15)12-8-6-7-9-13(12)21-4/h6-10,14H,5H2,1-4H3,(H,18,20). The van der Waals surface area contributed by atoms with Crippen LogP contribution >= 0.6 is 0 Å². The number of rotatable bonds is 6. The third-order valence-corrected chi connectivity index (χ3v) is 3.60. The molecule has 22 heavy (non-hydrogen) atoms. The van der Waals surface area contributed by atoms with Crippen molar-refractivity contribution in [1.29, 1.82) is 0 Å². The number of ether oxygens (including phenoxy) is 1. The lowest BCUT2D eigenvalue weighted by atomic mass is 10.0. The van der Waals surface area contributed by atoms with E-state index in [-0.39, 0.29) is 11.8 Å². The molecule has 2 rings (SSSR count). The number of amides is 1. The highest BCUT2D eigenvalue weighted by Gasteiger charge is 2.26. The van der Waals surface area contributed by atoms with E-state index in [1.807, 2.05) is 38.1 Å². The highest BCUT2D eigenvalue weighted by Crippen LogP contribution is 2.28. The van der Waals surface area contributed by atoms with Crippen molar-refractivity contribution in [2.45, 2.75) is 33.2 Å². The summed E-state index contributed by atoms with van der Waals surface area (Å²) in [6, 6.07) is 6.97. The lowest BCUT2D eigenvalue weighted by Crippen LogP contribution is -2.34. The van der Waals surface area contributed by atoms with Gasteiger partial charge in [0.15, 0.2) is 5.82 Å². The topological polar surface area (TPSA) is 77.3 Å². The maximum absolute atomic E-state index is 12.3. The zero-order valence-corrected chi connectivity index (χ0v) is 13.3. The molecule has 1 aromatic carbocycles. The summed E-state index contributed by atoms with van der Waals surface area (Å²) >= 11 is 0. The summed E-state index contributed by atoms with van der Waals surface area (Å²) < 4.78 is 10.4. The highest BCUT2D eigenvalue weighted by molar-refractivity contribution is 5.79. The summed E-state index contributed by atoms with van der Waals surface area (Å²) in [4.78, 5) is 16.6. The average molecular weight is 303 g/mol. The Morgan fingerprint density at radius 1 is 1.41 bits per heavy atom. The summed E-state index contributed by atoms with van der Waals surface area (Å²) in [5.74, 6) is 1.39. The molecule has 1 amide bonds. The average Bonchev–Trinajstić information content (AvgIpc) is 2.97. The number of benzene rings is 1. The molecule has 6 nitrogen and oxygen atoms in total. The van der Waals surface area contributed by atoms with Gasteiger partial charge < -0.3 is 14.6 Å². The van der Waals surface area contributed by atoms with Crippen molar-refractivity contribution in [3.8, 4) is 5.75 Å². The zero-order valence-electron chi connectivity index (χ0n) is 13.3. The molecular weight excluding hydrogens is 282 g/mol. The minimum absolute atomic E-state index is 0.0548. The number of carbonyl (C=O) groups is 1. The Balaban J connectivity index is 2.39. The van der Waals surface area contributed by atoms with E-state index in [2.05, 4.69) is 15.5 Å². The van der Waals surface area contributed by atoms with E-state index in [9.17, 15) is 4.79 Å². The molecule has 0 saturated carbocycles. The van der Waals surface area contributed by atoms with Crippen LogP contribution in [0.4, 0.5) is 0 Å².